The molecule has 0 fully saturated rings. The van der Waals surface area contributed by atoms with Gasteiger partial charge in [0.1, 0.15) is 6.61 Å². The van der Waals surface area contributed by atoms with Crippen LogP contribution in [0.4, 0.5) is 0 Å². The van der Waals surface area contributed by atoms with Crippen molar-refractivity contribution in [2.24, 2.45) is 11.0 Å². The average molecular weight is 607 g/mol. The van der Waals surface area contributed by atoms with Gasteiger partial charge in [0.15, 0.2) is 0 Å². The highest BCUT2D eigenvalue weighted by atomic mass is 16.5. The Morgan fingerprint density at radius 1 is 0.860 bits per heavy atom. The molecule has 0 bridgehead atoms. The van der Waals surface area contributed by atoms with Crippen LogP contribution in [-0.2, 0) is 44.7 Å². The van der Waals surface area contributed by atoms with E-state index in [0.29, 0.717) is 39.6 Å². The van der Waals surface area contributed by atoms with Crippen LogP contribution in [0.5, 0.6) is 0 Å². The lowest BCUT2D eigenvalue weighted by Gasteiger charge is -2.16. The van der Waals surface area contributed by atoms with Gasteiger partial charge in [0.25, 0.3) is 0 Å². The molecule has 0 aliphatic rings. The second-order valence-electron chi connectivity index (χ2n) is 9.50. The van der Waals surface area contributed by atoms with Crippen molar-refractivity contribution in [3.05, 3.63) is 46.3 Å². The zero-order valence-electron chi connectivity index (χ0n) is 25.1. The second kappa shape index (κ2) is 26.0. The number of amides is 3. The van der Waals surface area contributed by atoms with Crippen molar-refractivity contribution >= 4 is 23.7 Å². The van der Waals surface area contributed by atoms with E-state index in [0.717, 1.165) is 24.8 Å². The first-order valence-electron chi connectivity index (χ1n) is 14.7. The highest BCUT2D eigenvalue weighted by Crippen LogP contribution is 2.14. The summed E-state index contributed by atoms with van der Waals surface area (Å²) in [6, 6.07) is 9.18. The Bertz CT molecular complexity index is 975. The molecule has 1 rings (SSSR count). The standard InChI is InChI=1S/C29H46N6O8/c1-2-3-7-12-31-26(36)11-10-25(21-28(38)43-23-24-8-5-4-6-9-24)29(39)33-22-27(37)32-13-15-40-17-19-42-20-18-41-16-14-34-35-30/h4-6,8-9,25H,2-3,7,10-23H2,1H3,(H,31,36)(H,32,37)(H,33,39)/t25-/m1/s1. The van der Waals surface area contributed by atoms with Crippen LogP contribution in [0.2, 0.25) is 0 Å². The smallest absolute Gasteiger partial charge is 0.306 e. The molecule has 3 amide bonds. The predicted molar refractivity (Wildman–Crippen MR) is 159 cm³/mol. The fraction of sp³-hybridized carbons (Fsp3) is 0.655. The lowest BCUT2D eigenvalue weighted by Crippen LogP contribution is -2.41. The Morgan fingerprint density at radius 2 is 1.53 bits per heavy atom. The van der Waals surface area contributed by atoms with E-state index in [1.54, 1.807) is 0 Å². The molecule has 14 nitrogen and oxygen atoms in total. The number of esters is 1. The molecule has 0 aromatic heterocycles. The van der Waals surface area contributed by atoms with Crippen LogP contribution in [0, 0.1) is 5.92 Å². The zero-order valence-corrected chi connectivity index (χ0v) is 25.1. The Kier molecular flexibility index (Phi) is 22.5. The van der Waals surface area contributed by atoms with Crippen LogP contribution in [-0.4, -0.2) is 89.5 Å². The van der Waals surface area contributed by atoms with Crippen LogP contribution in [0.1, 0.15) is 51.0 Å². The van der Waals surface area contributed by atoms with Crippen molar-refractivity contribution in [2.75, 3.05) is 65.8 Å². The first-order chi connectivity index (χ1) is 21.0. The minimum atomic E-state index is -0.822. The van der Waals surface area contributed by atoms with Gasteiger partial charge >= 0.3 is 5.97 Å². The third kappa shape index (κ3) is 21.6. The average Bonchev–Trinajstić information content (AvgIpc) is 3.01. The van der Waals surface area contributed by atoms with E-state index in [1.165, 1.54) is 0 Å². The maximum absolute atomic E-state index is 12.9. The Morgan fingerprint density at radius 3 is 2.23 bits per heavy atom. The largest absolute Gasteiger partial charge is 0.461 e. The fourth-order valence-corrected chi connectivity index (χ4v) is 3.65. The van der Waals surface area contributed by atoms with Gasteiger partial charge in [-0.2, -0.15) is 0 Å². The number of unbranched alkanes of at least 4 members (excludes halogenated alkanes) is 2. The minimum Gasteiger partial charge on any atom is -0.461 e. The van der Waals surface area contributed by atoms with Gasteiger partial charge in [-0.25, -0.2) is 0 Å². The van der Waals surface area contributed by atoms with Gasteiger partial charge in [-0.15, -0.1) is 0 Å². The summed E-state index contributed by atoms with van der Waals surface area (Å²) in [5.74, 6) is -2.48. The number of rotatable bonds is 26. The molecule has 1 atom stereocenters. The molecule has 0 spiro atoms. The third-order valence-electron chi connectivity index (χ3n) is 5.98. The van der Waals surface area contributed by atoms with Gasteiger partial charge in [-0.05, 0) is 23.9 Å². The van der Waals surface area contributed by atoms with Crippen LogP contribution in [0.3, 0.4) is 0 Å². The first-order valence-corrected chi connectivity index (χ1v) is 14.7. The molecule has 1 aromatic rings. The van der Waals surface area contributed by atoms with Crippen molar-refractivity contribution in [3.63, 3.8) is 0 Å². The van der Waals surface area contributed by atoms with Crippen molar-refractivity contribution < 1.29 is 38.1 Å². The van der Waals surface area contributed by atoms with Gasteiger partial charge in [-0.3, -0.25) is 19.2 Å². The maximum atomic E-state index is 12.9. The predicted octanol–water partition coefficient (Wildman–Crippen LogP) is 2.42. The van der Waals surface area contributed by atoms with Gasteiger partial charge in [0.2, 0.25) is 17.7 Å². The number of ether oxygens (including phenoxy) is 4. The molecule has 0 aliphatic heterocycles. The van der Waals surface area contributed by atoms with Crippen molar-refractivity contribution in [2.45, 2.75) is 52.1 Å². The fourth-order valence-electron chi connectivity index (χ4n) is 3.65. The molecule has 14 heteroatoms. The molecule has 240 valence electrons. The molecule has 0 saturated carbocycles. The van der Waals surface area contributed by atoms with Crippen LogP contribution < -0.4 is 16.0 Å². The van der Waals surface area contributed by atoms with Crippen LogP contribution >= 0.6 is 0 Å². The second-order valence-corrected chi connectivity index (χ2v) is 9.50. The van der Waals surface area contributed by atoms with E-state index in [1.807, 2.05) is 30.3 Å². The molecule has 1 aromatic carbocycles. The summed E-state index contributed by atoms with van der Waals surface area (Å²) in [4.78, 5) is 52.4. The summed E-state index contributed by atoms with van der Waals surface area (Å²) in [6.07, 6.45) is 2.95. The van der Waals surface area contributed by atoms with E-state index < -0.39 is 23.7 Å². The summed E-state index contributed by atoms with van der Waals surface area (Å²) < 4.78 is 21.3. The summed E-state index contributed by atoms with van der Waals surface area (Å²) in [7, 11) is 0. The number of carbonyl (C=O) groups is 4. The lowest BCUT2D eigenvalue weighted by molar-refractivity contribution is -0.148. The first kappa shape index (κ1) is 37.3. The number of azide groups is 1. The molecule has 43 heavy (non-hydrogen) atoms. The van der Waals surface area contributed by atoms with Gasteiger partial charge < -0.3 is 34.9 Å². The number of nitrogens with zero attached hydrogens (tertiary/aromatic N) is 3. The topological polar surface area (TPSA) is 190 Å². The highest BCUT2D eigenvalue weighted by molar-refractivity contribution is 5.88. The molecular formula is C29H46N6O8. The van der Waals surface area contributed by atoms with Gasteiger partial charge in [0.05, 0.1) is 52.6 Å². The molecule has 0 radical (unpaired) electrons. The maximum Gasteiger partial charge on any atom is 0.306 e. The number of benzene rings is 1. The highest BCUT2D eigenvalue weighted by Gasteiger charge is 2.24. The van der Waals surface area contributed by atoms with E-state index in [9.17, 15) is 19.2 Å². The van der Waals surface area contributed by atoms with E-state index in [4.69, 9.17) is 24.5 Å². The van der Waals surface area contributed by atoms with Crippen LogP contribution in [0.25, 0.3) is 10.4 Å². The third-order valence-corrected chi connectivity index (χ3v) is 5.98. The molecule has 3 N–H and O–H groups in total. The minimum absolute atomic E-state index is 0.0773. The Balaban J connectivity index is 2.33. The SMILES string of the molecule is CCCCCNC(=O)CC[C@H](CC(=O)OCc1ccccc1)C(=O)NCC(=O)NCCOCCOCCOCCN=[N+]=[N-]. The Labute approximate surface area is 253 Å². The molecule has 0 unspecified atom stereocenters. The Hall–Kier alpha value is -3.71. The number of hydrogen-bond acceptors (Lipinski definition) is 9. The van der Waals surface area contributed by atoms with Crippen LogP contribution in [0.15, 0.2) is 35.4 Å². The number of nitrogens with one attached hydrogen (secondary N) is 3. The molecule has 0 saturated heterocycles. The molecular weight excluding hydrogens is 560 g/mol. The summed E-state index contributed by atoms with van der Waals surface area (Å²) in [6.45, 7) is 5.00. The van der Waals surface area contributed by atoms with Gasteiger partial charge in [-0.1, -0.05) is 55.2 Å². The summed E-state index contributed by atoms with van der Waals surface area (Å²) in [5.41, 5.74) is 8.98. The van der Waals surface area contributed by atoms with Crippen molar-refractivity contribution in [3.8, 4) is 0 Å². The molecule has 0 heterocycles. The van der Waals surface area contributed by atoms with Gasteiger partial charge in [0, 0.05) is 36.9 Å². The number of hydrogen-bond donors (Lipinski definition) is 3. The lowest BCUT2D eigenvalue weighted by atomic mass is 9.98. The molecule has 0 aliphatic carbocycles. The van der Waals surface area contributed by atoms with Crippen molar-refractivity contribution in [1.29, 1.82) is 0 Å². The van der Waals surface area contributed by atoms with E-state index in [2.05, 4.69) is 32.9 Å². The monoisotopic (exact) mass is 606 g/mol. The number of carbonyl (C=O) groups excluding carboxylic acids is 4. The summed E-state index contributed by atoms with van der Waals surface area (Å²) in [5, 5.41) is 11.4. The van der Waals surface area contributed by atoms with E-state index in [-0.39, 0.29) is 58.0 Å². The van der Waals surface area contributed by atoms with E-state index >= 15 is 0 Å². The normalized spacial score (nSPS) is 11.2. The quantitative estimate of drug-likeness (QED) is 0.0471. The van der Waals surface area contributed by atoms with Crippen molar-refractivity contribution in [1.82, 2.24) is 16.0 Å². The summed E-state index contributed by atoms with van der Waals surface area (Å²) >= 11 is 0. The zero-order chi connectivity index (χ0) is 31.4.